The third kappa shape index (κ3) is 2.18. The van der Waals surface area contributed by atoms with E-state index in [1.807, 2.05) is 44.2 Å². The molecule has 1 aromatic carbocycles. The molecule has 0 atom stereocenters. The molecule has 0 unspecified atom stereocenters. The summed E-state index contributed by atoms with van der Waals surface area (Å²) in [5.74, 6) is 1.16. The minimum atomic E-state index is 0.398. The minimum absolute atomic E-state index is 0.398. The number of benzene rings is 1. The molecule has 20 heavy (non-hydrogen) atoms. The maximum Gasteiger partial charge on any atom is 0.242 e. The second-order valence-electron chi connectivity index (χ2n) is 4.47. The molecule has 2 aromatic heterocycles. The number of nitrogens with zero attached hydrogens (tertiary/aromatic N) is 3. The molecule has 5 heteroatoms. The highest BCUT2D eigenvalue weighted by Gasteiger charge is 2.11. The Morgan fingerprint density at radius 2 is 1.85 bits per heavy atom. The molecule has 0 N–H and O–H groups in total. The Hall–Kier alpha value is -2.20. The Kier molecular flexibility index (Phi) is 3.24. The molecule has 4 nitrogen and oxygen atoms in total. The maximum atomic E-state index is 5.94. The van der Waals surface area contributed by atoms with E-state index in [-0.39, 0.29) is 0 Å². The number of hydrogen-bond acceptors (Lipinski definition) is 4. The molecule has 0 spiro atoms. The number of aromatic nitrogens is 3. The fourth-order valence-corrected chi connectivity index (χ4v) is 2.10. The standard InChI is InChI=1S/C15H12ClN3O/c1-9-10(2)15(19-18-14(9)16)20-13-7-3-6-12-11(13)5-4-8-17-12/h3-8H,1-2H3. The highest BCUT2D eigenvalue weighted by atomic mass is 35.5. The van der Waals surface area contributed by atoms with Crippen LogP contribution in [0.1, 0.15) is 11.1 Å². The molecule has 0 saturated heterocycles. The molecule has 0 radical (unpaired) electrons. The van der Waals surface area contributed by atoms with Crippen molar-refractivity contribution in [3.05, 3.63) is 52.8 Å². The fraction of sp³-hybridized carbons (Fsp3) is 0.133. The van der Waals surface area contributed by atoms with E-state index in [0.29, 0.717) is 16.8 Å². The molecular weight excluding hydrogens is 274 g/mol. The lowest BCUT2D eigenvalue weighted by Gasteiger charge is -2.11. The van der Waals surface area contributed by atoms with Gasteiger partial charge in [0.25, 0.3) is 0 Å². The number of ether oxygens (including phenoxy) is 1. The van der Waals surface area contributed by atoms with Crippen LogP contribution in [-0.4, -0.2) is 15.2 Å². The second kappa shape index (κ2) is 5.06. The molecule has 0 amide bonds. The topological polar surface area (TPSA) is 47.9 Å². The predicted octanol–water partition coefficient (Wildman–Crippen LogP) is 4.09. The third-order valence-electron chi connectivity index (χ3n) is 3.23. The Morgan fingerprint density at radius 1 is 1.00 bits per heavy atom. The summed E-state index contributed by atoms with van der Waals surface area (Å²) < 4.78 is 5.89. The monoisotopic (exact) mass is 285 g/mol. The Balaban J connectivity index is 2.08. The van der Waals surface area contributed by atoms with Gasteiger partial charge in [0.15, 0.2) is 5.15 Å². The largest absolute Gasteiger partial charge is 0.437 e. The molecule has 100 valence electrons. The SMILES string of the molecule is Cc1c(Cl)nnc(Oc2cccc3ncccc23)c1C. The van der Waals surface area contributed by atoms with Gasteiger partial charge in [-0.05, 0) is 43.7 Å². The Labute approximate surface area is 121 Å². The van der Waals surface area contributed by atoms with Gasteiger partial charge in [0.2, 0.25) is 5.88 Å². The first kappa shape index (κ1) is 12.8. The number of rotatable bonds is 2. The zero-order valence-electron chi connectivity index (χ0n) is 11.1. The molecular formula is C15H12ClN3O. The van der Waals surface area contributed by atoms with Crippen molar-refractivity contribution in [1.29, 1.82) is 0 Å². The van der Waals surface area contributed by atoms with Crippen molar-refractivity contribution in [2.75, 3.05) is 0 Å². The van der Waals surface area contributed by atoms with Crippen LogP contribution >= 0.6 is 11.6 Å². The zero-order chi connectivity index (χ0) is 14.1. The molecule has 3 rings (SSSR count). The predicted molar refractivity (Wildman–Crippen MR) is 78.3 cm³/mol. The summed E-state index contributed by atoms with van der Waals surface area (Å²) in [7, 11) is 0. The van der Waals surface area contributed by atoms with Crippen LogP contribution in [0, 0.1) is 13.8 Å². The van der Waals surface area contributed by atoms with Gasteiger partial charge >= 0.3 is 0 Å². The van der Waals surface area contributed by atoms with Gasteiger partial charge in [-0.15, -0.1) is 10.2 Å². The van der Waals surface area contributed by atoms with Crippen LogP contribution in [0.2, 0.25) is 5.15 Å². The number of hydrogen-bond donors (Lipinski definition) is 0. The average molecular weight is 286 g/mol. The molecule has 0 aliphatic carbocycles. The van der Waals surface area contributed by atoms with Crippen LogP contribution in [0.25, 0.3) is 10.9 Å². The van der Waals surface area contributed by atoms with E-state index in [9.17, 15) is 0 Å². The van der Waals surface area contributed by atoms with Crippen LogP contribution in [0.3, 0.4) is 0 Å². The first-order chi connectivity index (χ1) is 9.66. The normalized spacial score (nSPS) is 10.8. The van der Waals surface area contributed by atoms with Crippen LogP contribution in [-0.2, 0) is 0 Å². The van der Waals surface area contributed by atoms with Crippen molar-refractivity contribution in [1.82, 2.24) is 15.2 Å². The summed E-state index contributed by atoms with van der Waals surface area (Å²) in [6.07, 6.45) is 1.75. The minimum Gasteiger partial charge on any atom is -0.437 e. The van der Waals surface area contributed by atoms with E-state index in [1.165, 1.54) is 0 Å². The zero-order valence-corrected chi connectivity index (χ0v) is 11.8. The van der Waals surface area contributed by atoms with E-state index in [0.717, 1.165) is 22.0 Å². The van der Waals surface area contributed by atoms with Gasteiger partial charge in [0.05, 0.1) is 5.52 Å². The quantitative estimate of drug-likeness (QED) is 0.711. The van der Waals surface area contributed by atoms with Gasteiger partial charge in [0.1, 0.15) is 5.75 Å². The molecule has 0 aliphatic heterocycles. The second-order valence-corrected chi connectivity index (χ2v) is 4.83. The van der Waals surface area contributed by atoms with Crippen LogP contribution in [0.5, 0.6) is 11.6 Å². The summed E-state index contributed by atoms with van der Waals surface area (Å²) in [6, 6.07) is 9.56. The molecule has 0 aliphatic rings. The lowest BCUT2D eigenvalue weighted by atomic mass is 10.2. The molecule has 3 aromatic rings. The van der Waals surface area contributed by atoms with Crippen molar-refractivity contribution in [3.63, 3.8) is 0 Å². The van der Waals surface area contributed by atoms with E-state index >= 15 is 0 Å². The van der Waals surface area contributed by atoms with Crippen molar-refractivity contribution in [3.8, 4) is 11.6 Å². The highest BCUT2D eigenvalue weighted by molar-refractivity contribution is 6.30. The van der Waals surface area contributed by atoms with E-state index < -0.39 is 0 Å². The summed E-state index contributed by atoms with van der Waals surface area (Å²) in [6.45, 7) is 3.80. The summed E-state index contributed by atoms with van der Waals surface area (Å²) in [5.41, 5.74) is 2.63. The van der Waals surface area contributed by atoms with Crippen LogP contribution in [0.15, 0.2) is 36.5 Å². The first-order valence-electron chi connectivity index (χ1n) is 6.18. The first-order valence-corrected chi connectivity index (χ1v) is 6.55. The van der Waals surface area contributed by atoms with Crippen LogP contribution < -0.4 is 4.74 Å². The maximum absolute atomic E-state index is 5.94. The number of pyridine rings is 1. The number of fused-ring (bicyclic) bond motifs is 1. The van der Waals surface area contributed by atoms with Crippen molar-refractivity contribution in [2.24, 2.45) is 0 Å². The molecule has 2 heterocycles. The molecule has 0 fully saturated rings. The van der Waals surface area contributed by atoms with Gasteiger partial charge in [-0.25, -0.2) is 0 Å². The van der Waals surface area contributed by atoms with E-state index in [4.69, 9.17) is 16.3 Å². The highest BCUT2D eigenvalue weighted by Crippen LogP contribution is 2.31. The average Bonchev–Trinajstić information content (AvgIpc) is 2.48. The Morgan fingerprint density at radius 3 is 2.70 bits per heavy atom. The van der Waals surface area contributed by atoms with Gasteiger partial charge in [-0.2, -0.15) is 0 Å². The van der Waals surface area contributed by atoms with Gasteiger partial charge < -0.3 is 4.74 Å². The summed E-state index contributed by atoms with van der Waals surface area (Å²) >= 11 is 5.94. The van der Waals surface area contributed by atoms with Crippen LogP contribution in [0.4, 0.5) is 0 Å². The van der Waals surface area contributed by atoms with Gasteiger partial charge in [-0.3, -0.25) is 4.98 Å². The van der Waals surface area contributed by atoms with E-state index in [2.05, 4.69) is 15.2 Å². The molecule has 0 bridgehead atoms. The van der Waals surface area contributed by atoms with Gasteiger partial charge in [-0.1, -0.05) is 17.7 Å². The summed E-state index contributed by atoms with van der Waals surface area (Å²) in [4.78, 5) is 4.30. The smallest absolute Gasteiger partial charge is 0.242 e. The van der Waals surface area contributed by atoms with Crippen molar-refractivity contribution < 1.29 is 4.74 Å². The lowest BCUT2D eigenvalue weighted by molar-refractivity contribution is 0.455. The third-order valence-corrected chi connectivity index (χ3v) is 3.59. The number of halogens is 1. The fourth-order valence-electron chi connectivity index (χ4n) is 1.92. The Bertz CT molecular complexity index is 784. The summed E-state index contributed by atoms with van der Waals surface area (Å²) in [5, 5.41) is 9.24. The molecule has 0 saturated carbocycles. The lowest BCUT2D eigenvalue weighted by Crippen LogP contribution is -1.98. The van der Waals surface area contributed by atoms with Gasteiger partial charge in [0, 0.05) is 17.1 Å². The van der Waals surface area contributed by atoms with Crippen molar-refractivity contribution in [2.45, 2.75) is 13.8 Å². The van der Waals surface area contributed by atoms with Crippen molar-refractivity contribution >= 4 is 22.5 Å². The van der Waals surface area contributed by atoms with E-state index in [1.54, 1.807) is 6.20 Å².